The van der Waals surface area contributed by atoms with E-state index in [0.717, 1.165) is 37.4 Å². The monoisotopic (exact) mass is 355 g/mol. The summed E-state index contributed by atoms with van der Waals surface area (Å²) in [5.41, 5.74) is 4.88. The van der Waals surface area contributed by atoms with E-state index in [4.69, 9.17) is 0 Å². The molecule has 1 aromatic carbocycles. The Bertz CT molecular complexity index is 795. The Morgan fingerprint density at radius 3 is 2.77 bits per heavy atom. The second kappa shape index (κ2) is 7.58. The van der Waals surface area contributed by atoms with Gasteiger partial charge < -0.3 is 5.32 Å². The maximum Gasteiger partial charge on any atom is 0.273 e. The molecule has 2 heterocycles. The Morgan fingerprint density at radius 1 is 1.31 bits per heavy atom. The molecule has 0 bridgehead atoms. The van der Waals surface area contributed by atoms with Crippen molar-refractivity contribution in [2.75, 3.05) is 13.1 Å². The topological polar surface area (TPSA) is 63.1 Å². The fourth-order valence-electron chi connectivity index (χ4n) is 3.33. The van der Waals surface area contributed by atoms with Crippen LogP contribution in [0.25, 0.3) is 5.69 Å². The standard InChI is InChI=1S/C20H29N5O/c1-6-24-11-10-17-16(12-24)8-7-9-18(17)25-15(5)19(22-23-25)20(26)21-14(4)13(2)3/h7-9,13-14H,6,10-12H2,1-5H3,(H,21,26)/t14-/m1/s1. The molecule has 1 aromatic heterocycles. The van der Waals surface area contributed by atoms with E-state index in [0.29, 0.717) is 11.6 Å². The average Bonchev–Trinajstić information content (AvgIpc) is 3.01. The van der Waals surface area contributed by atoms with Crippen LogP contribution in [0.1, 0.15) is 55.0 Å². The summed E-state index contributed by atoms with van der Waals surface area (Å²) in [6, 6.07) is 6.41. The highest BCUT2D eigenvalue weighted by molar-refractivity contribution is 5.93. The van der Waals surface area contributed by atoms with Crippen LogP contribution in [0.4, 0.5) is 0 Å². The third kappa shape index (κ3) is 3.51. The molecule has 0 unspecified atom stereocenters. The molecule has 0 aliphatic carbocycles. The van der Waals surface area contributed by atoms with E-state index >= 15 is 0 Å². The highest BCUT2D eigenvalue weighted by Crippen LogP contribution is 2.26. The van der Waals surface area contributed by atoms with Gasteiger partial charge in [0.1, 0.15) is 0 Å². The lowest BCUT2D eigenvalue weighted by atomic mass is 9.97. The Balaban J connectivity index is 1.91. The van der Waals surface area contributed by atoms with Gasteiger partial charge in [0.15, 0.2) is 5.69 Å². The Hall–Kier alpha value is -2.21. The molecule has 26 heavy (non-hydrogen) atoms. The van der Waals surface area contributed by atoms with Gasteiger partial charge in [-0.2, -0.15) is 0 Å². The number of benzene rings is 1. The minimum Gasteiger partial charge on any atom is -0.348 e. The molecular weight excluding hydrogens is 326 g/mol. The lowest BCUT2D eigenvalue weighted by Crippen LogP contribution is -2.36. The number of nitrogens with one attached hydrogen (secondary N) is 1. The van der Waals surface area contributed by atoms with Crippen LogP contribution >= 0.6 is 0 Å². The molecule has 1 N–H and O–H groups in total. The number of rotatable bonds is 5. The van der Waals surface area contributed by atoms with Crippen LogP contribution in [-0.2, 0) is 13.0 Å². The molecule has 140 valence electrons. The van der Waals surface area contributed by atoms with Crippen molar-refractivity contribution < 1.29 is 4.79 Å². The van der Waals surface area contributed by atoms with E-state index in [1.807, 2.05) is 18.5 Å². The van der Waals surface area contributed by atoms with Crippen LogP contribution in [0, 0.1) is 12.8 Å². The van der Waals surface area contributed by atoms with E-state index in [9.17, 15) is 4.79 Å². The fraction of sp³-hybridized carbons (Fsp3) is 0.550. The second-order valence-corrected chi connectivity index (χ2v) is 7.48. The number of hydrogen-bond acceptors (Lipinski definition) is 4. The first-order valence-corrected chi connectivity index (χ1v) is 9.49. The summed E-state index contributed by atoms with van der Waals surface area (Å²) in [6.07, 6.45) is 0.991. The predicted molar refractivity (Wildman–Crippen MR) is 103 cm³/mol. The van der Waals surface area contributed by atoms with Gasteiger partial charge in [-0.15, -0.1) is 5.10 Å². The minimum atomic E-state index is -0.156. The summed E-state index contributed by atoms with van der Waals surface area (Å²) in [6.45, 7) is 13.4. The second-order valence-electron chi connectivity index (χ2n) is 7.48. The summed E-state index contributed by atoms with van der Waals surface area (Å²) < 4.78 is 1.81. The fourth-order valence-corrected chi connectivity index (χ4v) is 3.33. The predicted octanol–water partition coefficient (Wildman–Crippen LogP) is 2.73. The largest absolute Gasteiger partial charge is 0.348 e. The number of fused-ring (bicyclic) bond motifs is 1. The Kier molecular flexibility index (Phi) is 5.41. The van der Waals surface area contributed by atoms with Crippen LogP contribution in [0.15, 0.2) is 18.2 Å². The molecule has 0 spiro atoms. The third-order valence-electron chi connectivity index (χ3n) is 5.46. The average molecular weight is 355 g/mol. The van der Waals surface area contributed by atoms with Crippen molar-refractivity contribution in [2.24, 2.45) is 5.92 Å². The number of amides is 1. The van der Waals surface area contributed by atoms with Crippen molar-refractivity contribution in [3.63, 3.8) is 0 Å². The summed E-state index contributed by atoms with van der Waals surface area (Å²) >= 11 is 0. The quantitative estimate of drug-likeness (QED) is 0.896. The van der Waals surface area contributed by atoms with E-state index < -0.39 is 0 Å². The van der Waals surface area contributed by atoms with Gasteiger partial charge in [0.25, 0.3) is 5.91 Å². The van der Waals surface area contributed by atoms with Crippen molar-refractivity contribution >= 4 is 5.91 Å². The SMILES string of the molecule is CCN1CCc2c(cccc2-n2nnc(C(=O)N[C@H](C)C(C)C)c2C)C1. The summed E-state index contributed by atoms with van der Waals surface area (Å²) in [5, 5.41) is 11.5. The summed E-state index contributed by atoms with van der Waals surface area (Å²) in [5.74, 6) is 0.217. The van der Waals surface area contributed by atoms with Crippen molar-refractivity contribution in [2.45, 2.75) is 53.6 Å². The molecule has 3 rings (SSSR count). The first-order chi connectivity index (χ1) is 12.4. The van der Waals surface area contributed by atoms with Crippen LogP contribution in [0.3, 0.4) is 0 Å². The number of likely N-dealkylation sites (N-methyl/N-ethyl adjacent to an activating group) is 1. The molecule has 1 aliphatic rings. The van der Waals surface area contributed by atoms with E-state index in [-0.39, 0.29) is 11.9 Å². The molecule has 0 saturated heterocycles. The van der Waals surface area contributed by atoms with Crippen LogP contribution in [-0.4, -0.2) is 44.9 Å². The van der Waals surface area contributed by atoms with Gasteiger partial charge in [0, 0.05) is 19.1 Å². The number of nitrogens with zero attached hydrogens (tertiary/aromatic N) is 4. The smallest absolute Gasteiger partial charge is 0.273 e. The lowest BCUT2D eigenvalue weighted by Gasteiger charge is -2.29. The third-order valence-corrected chi connectivity index (χ3v) is 5.46. The first kappa shape index (κ1) is 18.6. The summed E-state index contributed by atoms with van der Waals surface area (Å²) in [4.78, 5) is 15.0. The zero-order chi connectivity index (χ0) is 18.8. The highest BCUT2D eigenvalue weighted by Gasteiger charge is 2.23. The molecular formula is C20H29N5O. The normalized spacial score (nSPS) is 15.8. The van der Waals surface area contributed by atoms with Gasteiger partial charge in [-0.3, -0.25) is 9.69 Å². The Labute approximate surface area is 155 Å². The molecule has 1 aliphatic heterocycles. The Morgan fingerprint density at radius 2 is 2.08 bits per heavy atom. The van der Waals surface area contributed by atoms with Crippen molar-refractivity contribution in [3.8, 4) is 5.69 Å². The van der Waals surface area contributed by atoms with Gasteiger partial charge in [-0.25, -0.2) is 4.68 Å². The van der Waals surface area contributed by atoms with Gasteiger partial charge in [0.2, 0.25) is 0 Å². The van der Waals surface area contributed by atoms with E-state index in [2.05, 4.69) is 59.5 Å². The number of hydrogen-bond donors (Lipinski definition) is 1. The molecule has 0 radical (unpaired) electrons. The van der Waals surface area contributed by atoms with Gasteiger partial charge in [-0.05, 0) is 49.9 Å². The van der Waals surface area contributed by atoms with Crippen molar-refractivity contribution in [1.82, 2.24) is 25.2 Å². The van der Waals surface area contributed by atoms with E-state index in [1.54, 1.807) is 0 Å². The van der Waals surface area contributed by atoms with Gasteiger partial charge in [-0.1, -0.05) is 38.1 Å². The van der Waals surface area contributed by atoms with E-state index in [1.165, 1.54) is 11.1 Å². The van der Waals surface area contributed by atoms with Crippen LogP contribution in [0.2, 0.25) is 0 Å². The molecule has 6 nitrogen and oxygen atoms in total. The van der Waals surface area contributed by atoms with Gasteiger partial charge >= 0.3 is 0 Å². The van der Waals surface area contributed by atoms with Crippen LogP contribution < -0.4 is 5.32 Å². The highest BCUT2D eigenvalue weighted by atomic mass is 16.2. The zero-order valence-electron chi connectivity index (χ0n) is 16.4. The van der Waals surface area contributed by atoms with Gasteiger partial charge in [0.05, 0.1) is 11.4 Å². The lowest BCUT2D eigenvalue weighted by molar-refractivity contribution is 0.0924. The molecule has 1 atom stereocenters. The molecule has 2 aromatic rings. The zero-order valence-corrected chi connectivity index (χ0v) is 16.4. The maximum atomic E-state index is 12.6. The number of carbonyl (C=O) groups is 1. The molecule has 0 saturated carbocycles. The van der Waals surface area contributed by atoms with Crippen LogP contribution in [0.5, 0.6) is 0 Å². The molecule has 1 amide bonds. The molecule has 6 heteroatoms. The maximum absolute atomic E-state index is 12.6. The molecule has 0 fully saturated rings. The van der Waals surface area contributed by atoms with Crippen molar-refractivity contribution in [1.29, 1.82) is 0 Å². The minimum absolute atomic E-state index is 0.0940. The summed E-state index contributed by atoms with van der Waals surface area (Å²) in [7, 11) is 0. The van der Waals surface area contributed by atoms with Crippen molar-refractivity contribution in [3.05, 3.63) is 40.7 Å². The number of aromatic nitrogens is 3. The first-order valence-electron chi connectivity index (χ1n) is 9.49. The number of carbonyl (C=O) groups excluding carboxylic acids is 1.